The molecule has 0 aromatic carbocycles. The Balaban J connectivity index is 3.02. The maximum Gasteiger partial charge on any atom is 0.00187 e. The van der Waals surface area contributed by atoms with Crippen LogP contribution in [0.15, 0.2) is 0 Å². The molecule has 0 saturated carbocycles. The lowest BCUT2D eigenvalue weighted by atomic mass is 10.1. The Morgan fingerprint density at radius 1 is 1.00 bits per heavy atom. The van der Waals surface area contributed by atoms with Crippen molar-refractivity contribution in [2.24, 2.45) is 0 Å². The Hall–Kier alpha value is 0.350. The van der Waals surface area contributed by atoms with Crippen LogP contribution in [0.25, 0.3) is 0 Å². The van der Waals surface area contributed by atoms with Gasteiger partial charge in [-0.3, -0.25) is 0 Å². The summed E-state index contributed by atoms with van der Waals surface area (Å²) in [4.78, 5) is 0. The standard InChI is InChI=1S/C11H24S/c1-4-6-7-8-9-11(3)12-10-5-2/h11H,4-10H2,1-3H3. The second-order valence-electron chi connectivity index (χ2n) is 3.53. The summed E-state index contributed by atoms with van der Waals surface area (Å²) in [6.07, 6.45) is 8.40. The fraction of sp³-hybridized carbons (Fsp3) is 1.00. The summed E-state index contributed by atoms with van der Waals surface area (Å²) >= 11 is 2.13. The average molecular weight is 188 g/mol. The lowest BCUT2D eigenvalue weighted by Crippen LogP contribution is -1.96. The third-order valence-corrected chi connectivity index (χ3v) is 3.52. The van der Waals surface area contributed by atoms with Crippen molar-refractivity contribution in [1.29, 1.82) is 0 Å². The topological polar surface area (TPSA) is 0 Å². The molecule has 0 radical (unpaired) electrons. The maximum absolute atomic E-state index is 2.37. The van der Waals surface area contributed by atoms with E-state index in [1.54, 1.807) is 0 Å². The van der Waals surface area contributed by atoms with Gasteiger partial charge in [0.15, 0.2) is 0 Å². The molecule has 1 heteroatoms. The molecule has 0 aromatic rings. The van der Waals surface area contributed by atoms with Crippen LogP contribution in [0.3, 0.4) is 0 Å². The number of unbranched alkanes of at least 4 members (excludes halogenated alkanes) is 3. The summed E-state index contributed by atoms with van der Waals surface area (Å²) in [5.41, 5.74) is 0. The van der Waals surface area contributed by atoms with E-state index in [1.165, 1.54) is 44.3 Å². The Kier molecular flexibility index (Phi) is 9.71. The molecule has 0 aliphatic heterocycles. The molecule has 0 aliphatic carbocycles. The summed E-state index contributed by atoms with van der Waals surface area (Å²) in [6.45, 7) is 6.90. The van der Waals surface area contributed by atoms with Crippen molar-refractivity contribution >= 4 is 11.8 Å². The van der Waals surface area contributed by atoms with E-state index in [1.807, 2.05) is 0 Å². The summed E-state index contributed by atoms with van der Waals surface area (Å²) < 4.78 is 0. The zero-order chi connectivity index (χ0) is 9.23. The van der Waals surface area contributed by atoms with Gasteiger partial charge in [-0.1, -0.05) is 46.5 Å². The molecule has 0 fully saturated rings. The molecule has 0 amide bonds. The van der Waals surface area contributed by atoms with Crippen molar-refractivity contribution in [1.82, 2.24) is 0 Å². The molecule has 0 spiro atoms. The summed E-state index contributed by atoms with van der Waals surface area (Å²) in [5, 5.41) is 0.891. The second kappa shape index (κ2) is 9.44. The van der Waals surface area contributed by atoms with Gasteiger partial charge in [0, 0.05) is 5.25 Å². The van der Waals surface area contributed by atoms with Crippen molar-refractivity contribution < 1.29 is 0 Å². The minimum absolute atomic E-state index is 0.891. The SMILES string of the molecule is CCCCCCC(C)SCCC. The Labute approximate surface area is 82.5 Å². The average Bonchev–Trinajstić information content (AvgIpc) is 2.09. The van der Waals surface area contributed by atoms with Gasteiger partial charge in [-0.15, -0.1) is 0 Å². The third-order valence-electron chi connectivity index (χ3n) is 2.07. The highest BCUT2D eigenvalue weighted by Crippen LogP contribution is 2.18. The summed E-state index contributed by atoms with van der Waals surface area (Å²) in [5.74, 6) is 1.34. The van der Waals surface area contributed by atoms with E-state index in [9.17, 15) is 0 Å². The monoisotopic (exact) mass is 188 g/mol. The lowest BCUT2D eigenvalue weighted by Gasteiger charge is -2.09. The quantitative estimate of drug-likeness (QED) is 0.506. The molecule has 0 N–H and O–H groups in total. The van der Waals surface area contributed by atoms with E-state index in [2.05, 4.69) is 32.5 Å². The first-order chi connectivity index (χ1) is 5.81. The highest BCUT2D eigenvalue weighted by molar-refractivity contribution is 7.99. The van der Waals surface area contributed by atoms with Crippen molar-refractivity contribution in [2.45, 2.75) is 64.5 Å². The van der Waals surface area contributed by atoms with Crippen LogP contribution in [0.4, 0.5) is 0 Å². The Bertz CT molecular complexity index is 81.1. The number of rotatable bonds is 8. The Morgan fingerprint density at radius 3 is 2.33 bits per heavy atom. The fourth-order valence-corrected chi connectivity index (χ4v) is 2.23. The van der Waals surface area contributed by atoms with Crippen LogP contribution in [0, 0.1) is 0 Å². The van der Waals surface area contributed by atoms with E-state index >= 15 is 0 Å². The maximum atomic E-state index is 2.37. The van der Waals surface area contributed by atoms with Crippen molar-refractivity contribution in [3.8, 4) is 0 Å². The van der Waals surface area contributed by atoms with Crippen molar-refractivity contribution in [3.63, 3.8) is 0 Å². The molecule has 0 nitrogen and oxygen atoms in total. The molecular formula is C11H24S. The van der Waals surface area contributed by atoms with E-state index < -0.39 is 0 Å². The van der Waals surface area contributed by atoms with Crippen molar-refractivity contribution in [3.05, 3.63) is 0 Å². The van der Waals surface area contributed by atoms with E-state index in [-0.39, 0.29) is 0 Å². The fourth-order valence-electron chi connectivity index (χ4n) is 1.26. The first-order valence-electron chi connectivity index (χ1n) is 5.42. The van der Waals surface area contributed by atoms with Gasteiger partial charge in [-0.25, -0.2) is 0 Å². The van der Waals surface area contributed by atoms with E-state index in [0.717, 1.165) is 5.25 Å². The first kappa shape index (κ1) is 12.3. The van der Waals surface area contributed by atoms with Crippen LogP contribution >= 0.6 is 11.8 Å². The molecule has 0 heterocycles. The normalized spacial score (nSPS) is 13.2. The molecule has 0 saturated heterocycles. The molecule has 0 aliphatic rings. The van der Waals surface area contributed by atoms with Crippen LogP contribution < -0.4 is 0 Å². The van der Waals surface area contributed by atoms with E-state index in [0.29, 0.717) is 0 Å². The zero-order valence-corrected chi connectivity index (χ0v) is 9.75. The second-order valence-corrected chi connectivity index (χ2v) is 5.08. The van der Waals surface area contributed by atoms with Crippen LogP contribution in [0.2, 0.25) is 0 Å². The van der Waals surface area contributed by atoms with Gasteiger partial charge in [-0.2, -0.15) is 11.8 Å². The Morgan fingerprint density at radius 2 is 1.75 bits per heavy atom. The van der Waals surface area contributed by atoms with Crippen LogP contribution in [0.5, 0.6) is 0 Å². The van der Waals surface area contributed by atoms with Gasteiger partial charge >= 0.3 is 0 Å². The highest BCUT2D eigenvalue weighted by Gasteiger charge is 2.00. The van der Waals surface area contributed by atoms with Gasteiger partial charge in [0.1, 0.15) is 0 Å². The molecule has 0 aromatic heterocycles. The summed E-state index contributed by atoms with van der Waals surface area (Å²) in [7, 11) is 0. The molecule has 12 heavy (non-hydrogen) atoms. The smallest absolute Gasteiger partial charge is 0.00187 e. The van der Waals surface area contributed by atoms with Crippen LogP contribution in [0.1, 0.15) is 59.3 Å². The largest absolute Gasteiger partial charge is 0.159 e. The first-order valence-corrected chi connectivity index (χ1v) is 6.47. The van der Waals surface area contributed by atoms with Crippen LogP contribution in [-0.4, -0.2) is 11.0 Å². The molecular weight excluding hydrogens is 164 g/mol. The molecule has 1 unspecified atom stereocenters. The van der Waals surface area contributed by atoms with Gasteiger partial charge < -0.3 is 0 Å². The third kappa shape index (κ3) is 8.45. The summed E-state index contributed by atoms with van der Waals surface area (Å²) in [6, 6.07) is 0. The minimum Gasteiger partial charge on any atom is -0.159 e. The number of thioether (sulfide) groups is 1. The minimum atomic E-state index is 0.891. The van der Waals surface area contributed by atoms with Gasteiger partial charge in [0.2, 0.25) is 0 Å². The highest BCUT2D eigenvalue weighted by atomic mass is 32.2. The zero-order valence-electron chi connectivity index (χ0n) is 8.94. The van der Waals surface area contributed by atoms with Gasteiger partial charge in [0.05, 0.1) is 0 Å². The molecule has 0 bridgehead atoms. The molecule has 74 valence electrons. The van der Waals surface area contributed by atoms with E-state index in [4.69, 9.17) is 0 Å². The number of hydrogen-bond acceptors (Lipinski definition) is 1. The van der Waals surface area contributed by atoms with Gasteiger partial charge in [0.25, 0.3) is 0 Å². The predicted molar refractivity (Wildman–Crippen MR) is 61.0 cm³/mol. The molecule has 0 rings (SSSR count). The molecule has 1 atom stereocenters. The lowest BCUT2D eigenvalue weighted by molar-refractivity contribution is 0.630. The van der Waals surface area contributed by atoms with Crippen molar-refractivity contribution in [2.75, 3.05) is 5.75 Å². The predicted octanol–water partition coefficient (Wildman–Crippen LogP) is 4.49. The van der Waals surface area contributed by atoms with Crippen LogP contribution in [-0.2, 0) is 0 Å². The van der Waals surface area contributed by atoms with Gasteiger partial charge in [-0.05, 0) is 18.6 Å². The number of hydrogen-bond donors (Lipinski definition) is 0.